The molecule has 1 fully saturated rings. The predicted molar refractivity (Wildman–Crippen MR) is 72.9 cm³/mol. The van der Waals surface area contributed by atoms with Gasteiger partial charge in [0.05, 0.1) is 17.6 Å². The van der Waals surface area contributed by atoms with Crippen molar-refractivity contribution in [2.24, 2.45) is 5.92 Å². The fraction of sp³-hybridized carbons (Fsp3) is 0.467. The first-order chi connectivity index (χ1) is 9.19. The van der Waals surface area contributed by atoms with Crippen LogP contribution in [0.3, 0.4) is 0 Å². The summed E-state index contributed by atoms with van der Waals surface area (Å²) < 4.78 is 1.76. The Labute approximate surface area is 113 Å². The maximum absolute atomic E-state index is 10.9. The highest BCUT2D eigenvalue weighted by Crippen LogP contribution is 2.39. The van der Waals surface area contributed by atoms with Gasteiger partial charge in [-0.05, 0) is 37.3 Å². The van der Waals surface area contributed by atoms with E-state index in [1.54, 1.807) is 10.9 Å². The third-order valence-corrected chi connectivity index (χ3v) is 4.00. The lowest BCUT2D eigenvalue weighted by Gasteiger charge is -2.35. The van der Waals surface area contributed by atoms with E-state index in [2.05, 4.69) is 17.2 Å². The molecule has 4 nitrogen and oxygen atoms in total. The summed E-state index contributed by atoms with van der Waals surface area (Å²) in [5.41, 5.74) is 0.962. The van der Waals surface area contributed by atoms with E-state index in [0.717, 1.165) is 30.6 Å². The van der Waals surface area contributed by atoms with Gasteiger partial charge in [-0.2, -0.15) is 0 Å². The van der Waals surface area contributed by atoms with Crippen molar-refractivity contribution in [1.29, 1.82) is 0 Å². The molecule has 1 aliphatic rings. The summed E-state index contributed by atoms with van der Waals surface area (Å²) >= 11 is 0. The zero-order valence-corrected chi connectivity index (χ0v) is 11.2. The van der Waals surface area contributed by atoms with Gasteiger partial charge in [-0.15, -0.1) is 5.10 Å². The average Bonchev–Trinajstić information content (AvgIpc) is 2.89. The van der Waals surface area contributed by atoms with Crippen molar-refractivity contribution in [2.45, 2.75) is 38.2 Å². The van der Waals surface area contributed by atoms with Crippen molar-refractivity contribution in [3.63, 3.8) is 0 Å². The molecule has 100 valence electrons. The van der Waals surface area contributed by atoms with Crippen molar-refractivity contribution in [1.82, 2.24) is 15.0 Å². The maximum Gasteiger partial charge on any atom is 0.109 e. The molecule has 19 heavy (non-hydrogen) atoms. The zero-order valence-electron chi connectivity index (χ0n) is 11.2. The molecule has 0 amide bonds. The summed E-state index contributed by atoms with van der Waals surface area (Å²) in [6.45, 7) is 2.20. The van der Waals surface area contributed by atoms with E-state index < -0.39 is 5.60 Å². The molecule has 1 aliphatic carbocycles. The molecule has 1 N–H and O–H groups in total. The molecule has 0 bridgehead atoms. The van der Waals surface area contributed by atoms with Crippen LogP contribution in [0.2, 0.25) is 0 Å². The summed E-state index contributed by atoms with van der Waals surface area (Å²) in [5, 5.41) is 19.1. The standard InChI is InChI=1S/C15H19N3O/c1-12-6-5-9-15(19,10-12)14-11-16-17-18(14)13-7-3-2-4-8-13/h2-4,7-8,11-12,19H,5-6,9-10H2,1H3. The van der Waals surface area contributed by atoms with E-state index in [1.807, 2.05) is 30.3 Å². The normalized spacial score (nSPS) is 27.4. The minimum atomic E-state index is -0.795. The van der Waals surface area contributed by atoms with E-state index in [4.69, 9.17) is 0 Å². The van der Waals surface area contributed by atoms with E-state index in [-0.39, 0.29) is 0 Å². The fourth-order valence-electron chi connectivity index (χ4n) is 3.07. The highest BCUT2D eigenvalue weighted by molar-refractivity contribution is 5.33. The molecule has 0 saturated heterocycles. The number of hydrogen-bond donors (Lipinski definition) is 1. The SMILES string of the molecule is CC1CCCC(O)(c2cnnn2-c2ccccc2)C1. The van der Waals surface area contributed by atoms with Crippen LogP contribution >= 0.6 is 0 Å². The monoisotopic (exact) mass is 257 g/mol. The van der Waals surface area contributed by atoms with Gasteiger partial charge in [0.25, 0.3) is 0 Å². The predicted octanol–water partition coefficient (Wildman–Crippen LogP) is 2.67. The van der Waals surface area contributed by atoms with Crippen LogP contribution < -0.4 is 0 Å². The number of benzene rings is 1. The van der Waals surface area contributed by atoms with Crippen LogP contribution in [-0.2, 0) is 5.60 Å². The quantitative estimate of drug-likeness (QED) is 0.899. The topological polar surface area (TPSA) is 50.9 Å². The number of aromatic nitrogens is 3. The Balaban J connectivity index is 2.00. The molecule has 0 radical (unpaired) electrons. The Hall–Kier alpha value is -1.68. The first-order valence-electron chi connectivity index (χ1n) is 6.88. The summed E-state index contributed by atoms with van der Waals surface area (Å²) in [6.07, 6.45) is 5.52. The van der Waals surface area contributed by atoms with Crippen LogP contribution in [-0.4, -0.2) is 20.1 Å². The molecule has 0 spiro atoms. The summed E-state index contributed by atoms with van der Waals surface area (Å²) in [5.74, 6) is 0.540. The van der Waals surface area contributed by atoms with Crippen LogP contribution in [0.4, 0.5) is 0 Å². The summed E-state index contributed by atoms with van der Waals surface area (Å²) in [6, 6.07) is 9.86. The van der Waals surface area contributed by atoms with Crippen molar-refractivity contribution in [3.8, 4) is 5.69 Å². The first kappa shape index (κ1) is 12.4. The van der Waals surface area contributed by atoms with E-state index in [1.165, 1.54) is 6.42 Å². The maximum atomic E-state index is 10.9. The molecular formula is C15H19N3O. The molecule has 1 aromatic heterocycles. The third kappa shape index (κ3) is 2.28. The molecule has 0 aliphatic heterocycles. The van der Waals surface area contributed by atoms with Gasteiger partial charge >= 0.3 is 0 Å². The summed E-state index contributed by atoms with van der Waals surface area (Å²) in [7, 11) is 0. The molecule has 2 unspecified atom stereocenters. The molecule has 4 heteroatoms. The number of para-hydroxylation sites is 1. The van der Waals surface area contributed by atoms with Crippen LogP contribution in [0.1, 0.15) is 38.3 Å². The molecule has 3 rings (SSSR count). The van der Waals surface area contributed by atoms with Crippen molar-refractivity contribution < 1.29 is 5.11 Å². The number of hydrogen-bond acceptors (Lipinski definition) is 3. The number of rotatable bonds is 2. The van der Waals surface area contributed by atoms with Gasteiger partial charge < -0.3 is 5.11 Å². The third-order valence-electron chi connectivity index (χ3n) is 4.00. The number of aliphatic hydroxyl groups is 1. The van der Waals surface area contributed by atoms with E-state index in [0.29, 0.717) is 5.92 Å². The Bertz CT molecular complexity index is 552. The van der Waals surface area contributed by atoms with Crippen molar-refractivity contribution in [2.75, 3.05) is 0 Å². The van der Waals surface area contributed by atoms with Crippen LogP contribution in [0.5, 0.6) is 0 Å². The second kappa shape index (κ2) is 4.78. The van der Waals surface area contributed by atoms with Gasteiger partial charge in [-0.25, -0.2) is 4.68 Å². The minimum absolute atomic E-state index is 0.540. The fourth-order valence-corrected chi connectivity index (χ4v) is 3.07. The Morgan fingerprint density at radius 3 is 2.84 bits per heavy atom. The van der Waals surface area contributed by atoms with Gasteiger partial charge in [-0.1, -0.05) is 36.8 Å². The Kier molecular flexibility index (Phi) is 3.11. The molecule has 1 aromatic carbocycles. The van der Waals surface area contributed by atoms with Crippen molar-refractivity contribution >= 4 is 0 Å². The van der Waals surface area contributed by atoms with E-state index in [9.17, 15) is 5.11 Å². The number of nitrogens with zero attached hydrogens (tertiary/aromatic N) is 3. The smallest absolute Gasteiger partial charge is 0.109 e. The average molecular weight is 257 g/mol. The molecule has 1 heterocycles. The highest BCUT2D eigenvalue weighted by atomic mass is 16.3. The second-order valence-corrected chi connectivity index (χ2v) is 5.60. The lowest BCUT2D eigenvalue weighted by Crippen LogP contribution is -2.34. The second-order valence-electron chi connectivity index (χ2n) is 5.60. The Morgan fingerprint density at radius 1 is 1.32 bits per heavy atom. The van der Waals surface area contributed by atoms with Gasteiger partial charge in [0.2, 0.25) is 0 Å². The highest BCUT2D eigenvalue weighted by Gasteiger charge is 2.37. The Morgan fingerprint density at radius 2 is 2.11 bits per heavy atom. The molecule has 1 saturated carbocycles. The first-order valence-corrected chi connectivity index (χ1v) is 6.88. The van der Waals surface area contributed by atoms with Crippen LogP contribution in [0, 0.1) is 5.92 Å². The van der Waals surface area contributed by atoms with Crippen LogP contribution in [0.25, 0.3) is 5.69 Å². The molecule has 2 aromatic rings. The minimum Gasteiger partial charge on any atom is -0.383 e. The van der Waals surface area contributed by atoms with Gasteiger partial charge in [0.1, 0.15) is 5.60 Å². The van der Waals surface area contributed by atoms with E-state index >= 15 is 0 Å². The van der Waals surface area contributed by atoms with Gasteiger partial charge in [0, 0.05) is 0 Å². The summed E-state index contributed by atoms with van der Waals surface area (Å²) in [4.78, 5) is 0. The van der Waals surface area contributed by atoms with Gasteiger partial charge in [0.15, 0.2) is 0 Å². The van der Waals surface area contributed by atoms with Crippen LogP contribution in [0.15, 0.2) is 36.5 Å². The molecule has 2 atom stereocenters. The lowest BCUT2D eigenvalue weighted by molar-refractivity contribution is -0.0235. The molecular weight excluding hydrogens is 238 g/mol. The van der Waals surface area contributed by atoms with Crippen molar-refractivity contribution in [3.05, 3.63) is 42.2 Å². The largest absolute Gasteiger partial charge is 0.383 e. The van der Waals surface area contributed by atoms with Gasteiger partial charge in [-0.3, -0.25) is 0 Å². The zero-order chi connectivity index (χ0) is 13.3. The lowest BCUT2D eigenvalue weighted by atomic mass is 9.77.